The number of ether oxygens (including phenoxy) is 2. The summed E-state index contributed by atoms with van der Waals surface area (Å²) >= 11 is 0. The van der Waals surface area contributed by atoms with Crippen LogP contribution in [-0.2, 0) is 15.7 Å². The van der Waals surface area contributed by atoms with E-state index in [2.05, 4.69) is 4.72 Å². The monoisotopic (exact) mass is 269 g/mol. The molecule has 0 bridgehead atoms. The van der Waals surface area contributed by atoms with Gasteiger partial charge in [0.2, 0.25) is 0 Å². The molecule has 0 aliphatic carbocycles. The lowest BCUT2D eigenvalue weighted by molar-refractivity contribution is 0.0744. The Kier molecular flexibility index (Phi) is 3.92. The lowest BCUT2D eigenvalue weighted by Gasteiger charge is -2.24. The zero-order chi connectivity index (χ0) is 13.2. The minimum Gasteiger partial charge on any atom is -0.485 e. The Morgan fingerprint density at radius 3 is 2.56 bits per heavy atom. The molecule has 1 aliphatic heterocycles. The second-order valence-corrected chi connectivity index (χ2v) is 6.26. The van der Waals surface area contributed by atoms with E-state index in [-0.39, 0.29) is 11.7 Å². The Bertz CT molecular complexity index is 426. The fraction of sp³-hybridized carbons (Fsp3) is 0.538. The smallest absolute Gasteiger partial charge is 0.132 e. The molecule has 2 unspecified atom stereocenters. The van der Waals surface area contributed by atoms with Gasteiger partial charge in [0.25, 0.3) is 0 Å². The lowest BCUT2D eigenvalue weighted by atomic mass is 10.1. The molecule has 0 amide bonds. The number of hydrogen-bond acceptors (Lipinski definition) is 3. The molecule has 2 rings (SSSR count). The van der Waals surface area contributed by atoms with Crippen molar-refractivity contribution < 1.29 is 13.7 Å². The van der Waals surface area contributed by atoms with Gasteiger partial charge in [-0.25, -0.2) is 4.21 Å². The van der Waals surface area contributed by atoms with E-state index < -0.39 is 11.0 Å². The summed E-state index contributed by atoms with van der Waals surface area (Å²) in [5.74, 6) is 1.38. The minimum atomic E-state index is -1.01. The summed E-state index contributed by atoms with van der Waals surface area (Å²) in [4.78, 5) is 0. The Morgan fingerprint density at radius 2 is 2.06 bits per heavy atom. The van der Waals surface area contributed by atoms with E-state index in [4.69, 9.17) is 9.47 Å². The Labute approximate surface area is 110 Å². The first-order valence-electron chi connectivity index (χ1n) is 6.07. The third-order valence-corrected chi connectivity index (χ3v) is 3.83. The maximum atomic E-state index is 11.3. The van der Waals surface area contributed by atoms with Crippen molar-refractivity contribution in [2.45, 2.75) is 32.5 Å². The Balaban J connectivity index is 1.97. The quantitative estimate of drug-likeness (QED) is 0.806. The van der Waals surface area contributed by atoms with Crippen LogP contribution >= 0.6 is 0 Å². The van der Waals surface area contributed by atoms with Crippen LogP contribution in [0, 0.1) is 0 Å². The molecule has 18 heavy (non-hydrogen) atoms. The maximum absolute atomic E-state index is 11.3. The zero-order valence-electron chi connectivity index (χ0n) is 10.9. The van der Waals surface area contributed by atoms with Gasteiger partial charge in [0.05, 0.1) is 6.61 Å². The highest BCUT2D eigenvalue weighted by atomic mass is 32.2. The van der Waals surface area contributed by atoms with Crippen molar-refractivity contribution >= 4 is 16.7 Å². The molecule has 4 nitrogen and oxygen atoms in total. The molecule has 100 valence electrons. The van der Waals surface area contributed by atoms with Crippen LogP contribution in [0.3, 0.4) is 0 Å². The molecule has 5 heteroatoms. The van der Waals surface area contributed by atoms with Gasteiger partial charge in [-0.2, -0.15) is 0 Å². The molecular weight excluding hydrogens is 250 g/mol. The van der Waals surface area contributed by atoms with Gasteiger partial charge >= 0.3 is 0 Å². The highest BCUT2D eigenvalue weighted by Gasteiger charge is 2.41. The SMILES string of the molecule is CCS(=O)Nc1ccc(OC(C)(C)C2CO2)cc1. The molecule has 1 aromatic carbocycles. The summed E-state index contributed by atoms with van der Waals surface area (Å²) < 4.78 is 25.4. The fourth-order valence-electron chi connectivity index (χ4n) is 1.61. The molecule has 1 N–H and O–H groups in total. The van der Waals surface area contributed by atoms with Crippen LogP contribution in [0.4, 0.5) is 5.69 Å². The first-order chi connectivity index (χ1) is 8.51. The molecule has 1 heterocycles. The average molecular weight is 269 g/mol. The molecule has 1 aromatic rings. The van der Waals surface area contributed by atoms with Crippen LogP contribution in [0.2, 0.25) is 0 Å². The summed E-state index contributed by atoms with van der Waals surface area (Å²) in [5.41, 5.74) is 0.532. The van der Waals surface area contributed by atoms with Crippen LogP contribution in [-0.4, -0.2) is 28.3 Å². The normalized spacial score (nSPS) is 20.3. The predicted molar refractivity (Wildman–Crippen MR) is 73.2 cm³/mol. The predicted octanol–water partition coefficient (Wildman–Crippen LogP) is 2.34. The first-order valence-corrected chi connectivity index (χ1v) is 7.39. The van der Waals surface area contributed by atoms with Crippen molar-refractivity contribution in [3.8, 4) is 5.75 Å². The Hall–Kier alpha value is -1.07. The average Bonchev–Trinajstić information content (AvgIpc) is 3.15. The van der Waals surface area contributed by atoms with Gasteiger partial charge in [0, 0.05) is 11.4 Å². The second kappa shape index (κ2) is 5.28. The minimum absolute atomic E-state index is 0.183. The van der Waals surface area contributed by atoms with E-state index in [9.17, 15) is 4.21 Å². The topological polar surface area (TPSA) is 50.9 Å². The number of nitrogens with one attached hydrogen (secondary N) is 1. The van der Waals surface area contributed by atoms with E-state index in [0.717, 1.165) is 18.0 Å². The summed E-state index contributed by atoms with van der Waals surface area (Å²) in [7, 11) is -1.01. The van der Waals surface area contributed by atoms with E-state index in [1.807, 2.05) is 45.0 Å². The van der Waals surface area contributed by atoms with Crippen LogP contribution < -0.4 is 9.46 Å². The third kappa shape index (κ3) is 3.46. The maximum Gasteiger partial charge on any atom is 0.132 e. The van der Waals surface area contributed by atoms with Crippen molar-refractivity contribution in [1.29, 1.82) is 0 Å². The summed E-state index contributed by atoms with van der Waals surface area (Å²) in [6.45, 7) is 6.67. The Morgan fingerprint density at radius 1 is 1.44 bits per heavy atom. The molecule has 1 fully saturated rings. The molecule has 1 aliphatic rings. The highest BCUT2D eigenvalue weighted by molar-refractivity contribution is 7.86. The zero-order valence-corrected chi connectivity index (χ0v) is 11.8. The highest BCUT2D eigenvalue weighted by Crippen LogP contribution is 2.30. The van der Waals surface area contributed by atoms with Gasteiger partial charge in [-0.05, 0) is 38.1 Å². The van der Waals surface area contributed by atoms with E-state index in [1.165, 1.54) is 0 Å². The number of rotatable bonds is 6. The molecule has 0 saturated carbocycles. The standard InChI is InChI=1S/C13H19NO3S/c1-4-18(15)14-10-5-7-11(8-6-10)17-13(2,3)12-9-16-12/h5-8,12,14H,4,9H2,1-3H3. The summed E-state index contributed by atoms with van der Waals surface area (Å²) in [6.07, 6.45) is 0.183. The van der Waals surface area contributed by atoms with Crippen molar-refractivity contribution in [1.82, 2.24) is 0 Å². The van der Waals surface area contributed by atoms with E-state index in [1.54, 1.807) is 0 Å². The third-order valence-electron chi connectivity index (χ3n) is 2.84. The number of benzene rings is 1. The largest absolute Gasteiger partial charge is 0.485 e. The van der Waals surface area contributed by atoms with Crippen LogP contribution in [0.25, 0.3) is 0 Å². The summed E-state index contributed by atoms with van der Waals surface area (Å²) in [5, 5.41) is 0. The number of anilines is 1. The van der Waals surface area contributed by atoms with Crippen molar-refractivity contribution in [2.75, 3.05) is 17.1 Å². The molecule has 0 radical (unpaired) electrons. The molecular formula is C13H19NO3S. The van der Waals surface area contributed by atoms with Crippen molar-refractivity contribution in [3.63, 3.8) is 0 Å². The molecule has 0 aromatic heterocycles. The van der Waals surface area contributed by atoms with Gasteiger partial charge in [-0.15, -0.1) is 0 Å². The second-order valence-electron chi connectivity index (χ2n) is 4.79. The van der Waals surface area contributed by atoms with E-state index in [0.29, 0.717) is 5.75 Å². The molecule has 2 atom stereocenters. The fourth-order valence-corrected chi connectivity index (χ4v) is 2.16. The van der Waals surface area contributed by atoms with E-state index >= 15 is 0 Å². The van der Waals surface area contributed by atoms with Gasteiger partial charge in [0.15, 0.2) is 0 Å². The molecule has 0 spiro atoms. The lowest BCUT2D eigenvalue weighted by Crippen LogP contribution is -2.34. The number of hydrogen-bond donors (Lipinski definition) is 1. The van der Waals surface area contributed by atoms with Crippen LogP contribution in [0.15, 0.2) is 24.3 Å². The van der Waals surface area contributed by atoms with Crippen molar-refractivity contribution in [3.05, 3.63) is 24.3 Å². The van der Waals surface area contributed by atoms with Crippen LogP contribution in [0.5, 0.6) is 5.75 Å². The number of epoxide rings is 1. The van der Waals surface area contributed by atoms with Gasteiger partial charge < -0.3 is 14.2 Å². The van der Waals surface area contributed by atoms with Gasteiger partial charge in [-0.3, -0.25) is 0 Å². The first kappa shape index (κ1) is 13.4. The van der Waals surface area contributed by atoms with Gasteiger partial charge in [-0.1, -0.05) is 6.92 Å². The molecule has 1 saturated heterocycles. The van der Waals surface area contributed by atoms with Crippen molar-refractivity contribution in [2.24, 2.45) is 0 Å². The van der Waals surface area contributed by atoms with Crippen LogP contribution in [0.1, 0.15) is 20.8 Å². The summed E-state index contributed by atoms with van der Waals surface area (Å²) in [6, 6.07) is 7.48. The van der Waals surface area contributed by atoms with Gasteiger partial charge in [0.1, 0.15) is 28.4 Å².